The lowest BCUT2D eigenvalue weighted by atomic mass is 10.00. The molecule has 6 heteroatoms. The fraction of sp³-hybridized carbons (Fsp3) is 0.778. The van der Waals surface area contributed by atoms with Crippen molar-refractivity contribution < 1.29 is 29.3 Å². The molecule has 0 amide bonds. The van der Waals surface area contributed by atoms with Gasteiger partial charge in [0.05, 0.1) is 6.10 Å². The maximum Gasteiger partial charge on any atom is 0.305 e. The molecule has 42 heavy (non-hydrogen) atoms. The zero-order valence-electron chi connectivity index (χ0n) is 27.3. The van der Waals surface area contributed by atoms with Crippen LogP contribution in [0.2, 0.25) is 0 Å². The average Bonchev–Trinajstić information content (AvgIpc) is 2.98. The van der Waals surface area contributed by atoms with Gasteiger partial charge in [0.2, 0.25) is 0 Å². The largest absolute Gasteiger partial charge is 0.463 e. The predicted octanol–water partition coefficient (Wildman–Crippen LogP) is 8.94. The number of hydrogen-bond donors (Lipinski definition) is 2. The minimum absolute atomic E-state index is 0.161. The summed E-state index contributed by atoms with van der Waals surface area (Å²) < 4.78 is 10.2. The lowest BCUT2D eigenvalue weighted by Gasteiger charge is -2.12. The van der Waals surface area contributed by atoms with E-state index in [0.29, 0.717) is 19.3 Å². The third-order valence-electron chi connectivity index (χ3n) is 7.52. The number of rotatable bonds is 29. The van der Waals surface area contributed by atoms with Gasteiger partial charge in [-0.1, -0.05) is 134 Å². The van der Waals surface area contributed by atoms with Gasteiger partial charge in [-0.25, -0.2) is 0 Å². The highest BCUT2D eigenvalue weighted by atomic mass is 16.6. The van der Waals surface area contributed by atoms with E-state index >= 15 is 0 Å². The normalized spacial score (nSPS) is 14.1. The molecule has 0 radical (unpaired) electrons. The molecule has 0 saturated heterocycles. The van der Waals surface area contributed by atoms with Crippen molar-refractivity contribution in [3.05, 3.63) is 36.5 Å². The SMILES string of the molecule is CCCCCCCC/C=C/C/C=C/C=C/C(O)CCCC(=O)OC[C@H](O)COC(=O)CCCCCCCCC(C)CC. The second-order valence-electron chi connectivity index (χ2n) is 11.7. The molecule has 0 aliphatic rings. The van der Waals surface area contributed by atoms with Gasteiger partial charge in [0.15, 0.2) is 0 Å². The van der Waals surface area contributed by atoms with E-state index in [-0.39, 0.29) is 25.6 Å². The molecule has 0 spiro atoms. The van der Waals surface area contributed by atoms with Crippen molar-refractivity contribution in [1.29, 1.82) is 0 Å². The second kappa shape index (κ2) is 30.5. The van der Waals surface area contributed by atoms with Gasteiger partial charge in [0, 0.05) is 12.8 Å². The minimum atomic E-state index is -1.03. The molecule has 0 rings (SSSR count). The zero-order chi connectivity index (χ0) is 31.1. The van der Waals surface area contributed by atoms with Crippen LogP contribution in [-0.4, -0.2) is 47.6 Å². The molecule has 0 aromatic rings. The van der Waals surface area contributed by atoms with Gasteiger partial charge in [0.25, 0.3) is 0 Å². The van der Waals surface area contributed by atoms with E-state index < -0.39 is 18.2 Å². The molecule has 0 bridgehead atoms. The fourth-order valence-corrected chi connectivity index (χ4v) is 4.48. The summed E-state index contributed by atoms with van der Waals surface area (Å²) in [5.41, 5.74) is 0. The fourth-order valence-electron chi connectivity index (χ4n) is 4.48. The number of hydrogen-bond acceptors (Lipinski definition) is 6. The van der Waals surface area contributed by atoms with E-state index in [1.54, 1.807) is 6.08 Å². The molecule has 244 valence electrons. The van der Waals surface area contributed by atoms with Crippen LogP contribution in [0.15, 0.2) is 36.5 Å². The molecule has 0 fully saturated rings. The highest BCUT2D eigenvalue weighted by Gasteiger charge is 2.12. The van der Waals surface area contributed by atoms with Crippen molar-refractivity contribution in [2.24, 2.45) is 5.92 Å². The predicted molar refractivity (Wildman–Crippen MR) is 174 cm³/mol. The highest BCUT2D eigenvalue weighted by molar-refractivity contribution is 5.69. The summed E-state index contributed by atoms with van der Waals surface area (Å²) in [5, 5.41) is 20.0. The van der Waals surface area contributed by atoms with E-state index in [4.69, 9.17) is 9.47 Å². The summed E-state index contributed by atoms with van der Waals surface area (Å²) in [6.45, 7) is 6.40. The summed E-state index contributed by atoms with van der Waals surface area (Å²) in [6.07, 6.45) is 30.9. The van der Waals surface area contributed by atoms with Gasteiger partial charge in [-0.2, -0.15) is 0 Å². The van der Waals surface area contributed by atoms with Gasteiger partial charge in [0.1, 0.15) is 19.3 Å². The van der Waals surface area contributed by atoms with Gasteiger partial charge >= 0.3 is 11.9 Å². The number of esters is 2. The maximum atomic E-state index is 11.9. The number of aliphatic hydroxyl groups is 2. The van der Waals surface area contributed by atoms with E-state index in [2.05, 4.69) is 39.0 Å². The molecular weight excluding hydrogens is 528 g/mol. The summed E-state index contributed by atoms with van der Waals surface area (Å²) in [7, 11) is 0. The summed E-state index contributed by atoms with van der Waals surface area (Å²) in [5.74, 6) is 0.0534. The van der Waals surface area contributed by atoms with Crippen LogP contribution in [0.25, 0.3) is 0 Å². The third-order valence-corrected chi connectivity index (χ3v) is 7.52. The number of carbonyl (C=O) groups excluding carboxylic acids is 2. The van der Waals surface area contributed by atoms with E-state index in [9.17, 15) is 19.8 Å². The van der Waals surface area contributed by atoms with Gasteiger partial charge < -0.3 is 19.7 Å². The molecule has 0 aliphatic carbocycles. The van der Waals surface area contributed by atoms with Crippen LogP contribution in [0.1, 0.15) is 149 Å². The Hall–Kier alpha value is -1.92. The van der Waals surface area contributed by atoms with Crippen LogP contribution >= 0.6 is 0 Å². The Morgan fingerprint density at radius 2 is 1.26 bits per heavy atom. The molecule has 2 unspecified atom stereocenters. The summed E-state index contributed by atoms with van der Waals surface area (Å²) in [6, 6.07) is 0. The van der Waals surface area contributed by atoms with Crippen LogP contribution in [0, 0.1) is 5.92 Å². The number of ether oxygens (including phenoxy) is 2. The monoisotopic (exact) mass is 592 g/mol. The number of carbonyl (C=O) groups is 2. The van der Waals surface area contributed by atoms with Crippen molar-refractivity contribution in [2.45, 2.75) is 161 Å². The van der Waals surface area contributed by atoms with Crippen LogP contribution < -0.4 is 0 Å². The number of allylic oxidation sites excluding steroid dienone is 5. The van der Waals surface area contributed by atoms with Gasteiger partial charge in [-0.15, -0.1) is 0 Å². The van der Waals surface area contributed by atoms with Crippen LogP contribution in [0.5, 0.6) is 0 Å². The van der Waals surface area contributed by atoms with Crippen LogP contribution in [0.3, 0.4) is 0 Å². The average molecular weight is 593 g/mol. The Morgan fingerprint density at radius 1 is 0.667 bits per heavy atom. The first-order valence-electron chi connectivity index (χ1n) is 17.0. The van der Waals surface area contributed by atoms with Crippen molar-refractivity contribution in [3.8, 4) is 0 Å². The maximum absolute atomic E-state index is 11.9. The van der Waals surface area contributed by atoms with Crippen LogP contribution in [0.4, 0.5) is 0 Å². The molecule has 0 aromatic heterocycles. The first-order valence-corrected chi connectivity index (χ1v) is 17.0. The molecular formula is C36H64O6. The lowest BCUT2D eigenvalue weighted by molar-refractivity contribution is -0.152. The molecule has 0 aromatic carbocycles. The molecule has 3 atom stereocenters. The van der Waals surface area contributed by atoms with Crippen LogP contribution in [-0.2, 0) is 19.1 Å². The number of unbranched alkanes of at least 4 members (excludes halogenated alkanes) is 11. The standard InChI is InChI=1S/C36H64O6/c1-4-6-7-8-9-10-11-12-13-14-15-19-22-26-33(37)27-24-29-36(40)42-31-34(38)30-41-35(39)28-23-20-17-16-18-21-25-32(3)5-2/h12-13,15,19,22,26,32-34,37-38H,4-11,14,16-18,20-21,23-25,27-31H2,1-3H3/b13-12+,19-15+,26-22+/t32?,33?,34-/m1/s1. The Kier molecular flexibility index (Phi) is 29.1. The first kappa shape index (κ1) is 40.1. The number of aliphatic hydroxyl groups excluding tert-OH is 2. The van der Waals surface area contributed by atoms with Gasteiger partial charge in [-0.05, 0) is 44.4 Å². The van der Waals surface area contributed by atoms with E-state index in [0.717, 1.165) is 38.0 Å². The summed E-state index contributed by atoms with van der Waals surface area (Å²) >= 11 is 0. The minimum Gasteiger partial charge on any atom is -0.463 e. The Bertz CT molecular complexity index is 714. The quantitative estimate of drug-likeness (QED) is 0.0390. The van der Waals surface area contributed by atoms with Crippen molar-refractivity contribution in [1.82, 2.24) is 0 Å². The molecule has 0 saturated carbocycles. The Morgan fingerprint density at radius 3 is 1.93 bits per heavy atom. The lowest BCUT2D eigenvalue weighted by Crippen LogP contribution is -2.25. The molecule has 0 aliphatic heterocycles. The highest BCUT2D eigenvalue weighted by Crippen LogP contribution is 2.14. The second-order valence-corrected chi connectivity index (χ2v) is 11.7. The first-order chi connectivity index (χ1) is 20.4. The van der Waals surface area contributed by atoms with E-state index in [1.165, 1.54) is 70.6 Å². The zero-order valence-corrected chi connectivity index (χ0v) is 27.3. The van der Waals surface area contributed by atoms with Gasteiger partial charge in [-0.3, -0.25) is 9.59 Å². The Labute approximate surface area is 258 Å². The molecule has 0 heterocycles. The van der Waals surface area contributed by atoms with Crippen molar-refractivity contribution >= 4 is 11.9 Å². The smallest absolute Gasteiger partial charge is 0.305 e. The third kappa shape index (κ3) is 29.6. The van der Waals surface area contributed by atoms with E-state index in [1.807, 2.05) is 12.2 Å². The topological polar surface area (TPSA) is 93.1 Å². The molecule has 2 N–H and O–H groups in total. The summed E-state index contributed by atoms with van der Waals surface area (Å²) in [4.78, 5) is 23.8. The van der Waals surface area contributed by atoms with Crippen molar-refractivity contribution in [2.75, 3.05) is 13.2 Å². The molecule has 6 nitrogen and oxygen atoms in total. The Balaban J connectivity index is 3.69. The van der Waals surface area contributed by atoms with Crippen molar-refractivity contribution in [3.63, 3.8) is 0 Å².